The Morgan fingerprint density at radius 1 is 1.44 bits per heavy atom. The number of aliphatic hydroxyl groups is 2. The van der Waals surface area contributed by atoms with Crippen LogP contribution in [0.5, 0.6) is 0 Å². The van der Waals surface area contributed by atoms with Gasteiger partial charge in [-0.15, -0.1) is 0 Å². The Morgan fingerprint density at radius 3 is 2.44 bits per heavy atom. The van der Waals surface area contributed by atoms with Gasteiger partial charge in [-0.3, -0.25) is 4.79 Å². The first-order chi connectivity index (χ1) is 7.15. The van der Waals surface area contributed by atoms with E-state index in [9.17, 15) is 15.0 Å². The molecule has 1 saturated carbocycles. The highest BCUT2D eigenvalue weighted by molar-refractivity contribution is 5.77. The number of Topliss-reactive ketones (excluding diaryl/α,β-unsaturated/α-hetero) is 1. The summed E-state index contributed by atoms with van der Waals surface area (Å²) in [5.41, 5.74) is -0.381. The van der Waals surface area contributed by atoms with E-state index in [1.165, 1.54) is 6.92 Å². The van der Waals surface area contributed by atoms with E-state index in [-0.39, 0.29) is 11.2 Å². The normalized spacial score (nSPS) is 36.4. The van der Waals surface area contributed by atoms with Gasteiger partial charge in [-0.1, -0.05) is 19.9 Å². The summed E-state index contributed by atoms with van der Waals surface area (Å²) < 4.78 is 0. The fraction of sp³-hybridized carbons (Fsp3) is 0.769. The second-order valence-corrected chi connectivity index (χ2v) is 5.74. The molecule has 0 aromatic heterocycles. The maximum absolute atomic E-state index is 11.0. The Labute approximate surface area is 97.2 Å². The van der Waals surface area contributed by atoms with Crippen molar-refractivity contribution >= 4 is 5.78 Å². The Hall–Kier alpha value is -0.670. The van der Waals surface area contributed by atoms with Gasteiger partial charge in [-0.05, 0) is 31.3 Å². The zero-order valence-corrected chi connectivity index (χ0v) is 10.6. The first kappa shape index (κ1) is 13.4. The molecular formula is C13H22O3. The van der Waals surface area contributed by atoms with Crippen LogP contribution in [-0.2, 0) is 4.79 Å². The molecule has 0 heterocycles. The van der Waals surface area contributed by atoms with E-state index < -0.39 is 11.7 Å². The fourth-order valence-corrected chi connectivity index (χ4v) is 2.81. The minimum Gasteiger partial charge on any atom is -0.393 e. The number of hydrogen-bond donors (Lipinski definition) is 2. The van der Waals surface area contributed by atoms with Crippen molar-refractivity contribution in [1.29, 1.82) is 0 Å². The highest BCUT2D eigenvalue weighted by Gasteiger charge is 2.43. The first-order valence-corrected chi connectivity index (χ1v) is 5.76. The summed E-state index contributed by atoms with van der Waals surface area (Å²) in [4.78, 5) is 11.0. The van der Waals surface area contributed by atoms with Crippen LogP contribution in [0.1, 0.15) is 47.0 Å². The van der Waals surface area contributed by atoms with Gasteiger partial charge in [-0.25, -0.2) is 0 Å². The molecule has 0 aromatic rings. The van der Waals surface area contributed by atoms with Gasteiger partial charge in [0.1, 0.15) is 5.78 Å². The third kappa shape index (κ3) is 2.92. The molecule has 1 rings (SSSR count). The lowest BCUT2D eigenvalue weighted by Crippen LogP contribution is -2.45. The lowest BCUT2D eigenvalue weighted by atomic mass is 9.65. The van der Waals surface area contributed by atoms with Crippen LogP contribution in [0.2, 0.25) is 0 Å². The minimum atomic E-state index is -1.00. The summed E-state index contributed by atoms with van der Waals surface area (Å²) in [6, 6.07) is 0. The average Bonchev–Trinajstić information content (AvgIpc) is 1.96. The summed E-state index contributed by atoms with van der Waals surface area (Å²) in [6.07, 6.45) is 2.69. The smallest absolute Gasteiger partial charge is 0.133 e. The molecule has 0 saturated heterocycles. The van der Waals surface area contributed by atoms with Crippen LogP contribution in [0.3, 0.4) is 0 Å². The van der Waals surface area contributed by atoms with Crippen molar-refractivity contribution in [3.8, 4) is 0 Å². The predicted molar refractivity (Wildman–Crippen MR) is 63.0 cm³/mol. The molecular weight excluding hydrogens is 204 g/mol. The number of allylic oxidation sites excluding steroid dienone is 1. The van der Waals surface area contributed by atoms with E-state index in [4.69, 9.17) is 0 Å². The predicted octanol–water partition coefficient (Wildman–Crippen LogP) is 1.82. The minimum absolute atomic E-state index is 0.0882. The third-order valence-electron chi connectivity index (χ3n) is 3.28. The zero-order valence-electron chi connectivity index (χ0n) is 10.6. The SMILES string of the molecule is CC(=O)C/C=C1/C(C)(C)C[C@H](O)C[C@]1(C)O. The maximum atomic E-state index is 11.0. The van der Waals surface area contributed by atoms with Crippen molar-refractivity contribution in [2.45, 2.75) is 58.7 Å². The van der Waals surface area contributed by atoms with E-state index in [1.54, 1.807) is 6.92 Å². The Bertz CT molecular complexity index is 293. The molecule has 0 amide bonds. The molecule has 1 aliphatic carbocycles. The van der Waals surface area contributed by atoms with Crippen molar-refractivity contribution in [3.63, 3.8) is 0 Å². The standard InChI is InChI=1S/C13H22O3/c1-9(14)5-6-11-12(2,3)7-10(15)8-13(11,4)16/h6,10,15-16H,5,7-8H2,1-4H3/b11-6-/t10-,13-/m0/s1. The summed E-state index contributed by atoms with van der Waals surface area (Å²) in [6.45, 7) is 7.24. The summed E-state index contributed by atoms with van der Waals surface area (Å²) in [5, 5.41) is 20.0. The van der Waals surface area contributed by atoms with Crippen LogP contribution in [-0.4, -0.2) is 27.7 Å². The van der Waals surface area contributed by atoms with Crippen molar-refractivity contribution < 1.29 is 15.0 Å². The molecule has 3 nitrogen and oxygen atoms in total. The van der Waals surface area contributed by atoms with E-state index in [0.717, 1.165) is 5.57 Å². The summed E-state index contributed by atoms with van der Waals surface area (Å²) in [7, 11) is 0. The Morgan fingerprint density at radius 2 is 2.00 bits per heavy atom. The van der Waals surface area contributed by atoms with Crippen LogP contribution in [0.15, 0.2) is 11.6 Å². The topological polar surface area (TPSA) is 57.5 Å². The van der Waals surface area contributed by atoms with Crippen molar-refractivity contribution in [3.05, 3.63) is 11.6 Å². The van der Waals surface area contributed by atoms with Gasteiger partial charge < -0.3 is 10.2 Å². The van der Waals surface area contributed by atoms with Crippen LogP contribution in [0.4, 0.5) is 0 Å². The molecule has 0 aliphatic heterocycles. The highest BCUT2D eigenvalue weighted by Crippen LogP contribution is 2.45. The number of carbonyl (C=O) groups excluding carboxylic acids is 1. The molecule has 0 aromatic carbocycles. The van der Waals surface area contributed by atoms with Gasteiger partial charge in [0.05, 0.1) is 11.7 Å². The number of ketones is 1. The van der Waals surface area contributed by atoms with Crippen molar-refractivity contribution in [2.24, 2.45) is 5.41 Å². The molecule has 16 heavy (non-hydrogen) atoms. The van der Waals surface area contributed by atoms with Crippen LogP contribution in [0.25, 0.3) is 0 Å². The molecule has 2 N–H and O–H groups in total. The van der Waals surface area contributed by atoms with Gasteiger partial charge in [0.15, 0.2) is 0 Å². The van der Waals surface area contributed by atoms with Crippen LogP contribution in [0, 0.1) is 5.41 Å². The number of aliphatic hydroxyl groups excluding tert-OH is 1. The molecule has 1 aliphatic rings. The van der Waals surface area contributed by atoms with E-state index in [1.807, 2.05) is 19.9 Å². The summed E-state index contributed by atoms with van der Waals surface area (Å²) in [5.74, 6) is 0.0882. The largest absolute Gasteiger partial charge is 0.393 e. The van der Waals surface area contributed by atoms with E-state index in [2.05, 4.69) is 0 Å². The average molecular weight is 226 g/mol. The van der Waals surface area contributed by atoms with Gasteiger partial charge in [-0.2, -0.15) is 0 Å². The molecule has 0 unspecified atom stereocenters. The molecule has 0 bridgehead atoms. The van der Waals surface area contributed by atoms with Crippen LogP contribution >= 0.6 is 0 Å². The molecule has 0 spiro atoms. The lowest BCUT2D eigenvalue weighted by Gasteiger charge is -2.45. The van der Waals surface area contributed by atoms with Crippen molar-refractivity contribution in [2.75, 3.05) is 0 Å². The summed E-state index contributed by atoms with van der Waals surface area (Å²) >= 11 is 0. The number of hydrogen-bond acceptors (Lipinski definition) is 3. The van der Waals surface area contributed by atoms with Crippen LogP contribution < -0.4 is 0 Å². The molecule has 3 heteroatoms. The lowest BCUT2D eigenvalue weighted by molar-refractivity contribution is -0.116. The molecule has 2 atom stereocenters. The van der Waals surface area contributed by atoms with Gasteiger partial charge in [0.2, 0.25) is 0 Å². The number of rotatable bonds is 2. The van der Waals surface area contributed by atoms with Crippen molar-refractivity contribution in [1.82, 2.24) is 0 Å². The van der Waals surface area contributed by atoms with Gasteiger partial charge in [0.25, 0.3) is 0 Å². The van der Waals surface area contributed by atoms with Gasteiger partial charge in [0, 0.05) is 12.8 Å². The molecule has 0 radical (unpaired) electrons. The van der Waals surface area contributed by atoms with E-state index >= 15 is 0 Å². The molecule has 92 valence electrons. The fourth-order valence-electron chi connectivity index (χ4n) is 2.81. The van der Waals surface area contributed by atoms with Gasteiger partial charge >= 0.3 is 0 Å². The van der Waals surface area contributed by atoms with E-state index in [0.29, 0.717) is 19.3 Å². The highest BCUT2D eigenvalue weighted by atomic mass is 16.3. The Kier molecular flexibility index (Phi) is 3.60. The second-order valence-electron chi connectivity index (χ2n) is 5.74. The quantitative estimate of drug-likeness (QED) is 0.706. The first-order valence-electron chi connectivity index (χ1n) is 5.76. The third-order valence-corrected chi connectivity index (χ3v) is 3.28. The number of carbonyl (C=O) groups is 1. The second kappa shape index (κ2) is 4.30. The molecule has 1 fully saturated rings. The monoisotopic (exact) mass is 226 g/mol. The Balaban J connectivity index is 3.01. The zero-order chi connectivity index (χ0) is 12.6. The maximum Gasteiger partial charge on any atom is 0.133 e.